The van der Waals surface area contributed by atoms with Gasteiger partial charge in [-0.1, -0.05) is 11.6 Å². The summed E-state index contributed by atoms with van der Waals surface area (Å²) in [6.07, 6.45) is 1.26. The number of aromatic amines is 1. The minimum Gasteiger partial charge on any atom is -0.358 e. The Labute approximate surface area is 157 Å². The zero-order valence-electron chi connectivity index (χ0n) is 15.1. The van der Waals surface area contributed by atoms with E-state index in [9.17, 15) is 9.18 Å². The van der Waals surface area contributed by atoms with Crippen LogP contribution in [0.4, 0.5) is 4.39 Å². The summed E-state index contributed by atoms with van der Waals surface area (Å²) in [5.41, 5.74) is 4.39. The van der Waals surface area contributed by atoms with Crippen LogP contribution in [0.3, 0.4) is 0 Å². The van der Waals surface area contributed by atoms with Crippen molar-refractivity contribution < 1.29 is 9.18 Å². The Kier molecular flexibility index (Phi) is 5.99. The highest BCUT2D eigenvalue weighted by Crippen LogP contribution is 2.24. The predicted molar refractivity (Wildman–Crippen MR) is 106 cm³/mol. The lowest BCUT2D eigenvalue weighted by Crippen LogP contribution is -2.26. The van der Waals surface area contributed by atoms with E-state index < -0.39 is 0 Å². The molecule has 0 aliphatic heterocycles. The number of hydrogen-bond donors (Lipinski definition) is 2. The molecule has 0 saturated heterocycles. The smallest absolute Gasteiger partial charge is 0.224 e. The standard InChI is InChI=1S/C21H23FN2OS/c1-14-4-9-20-19(12-14)18(15(2)24-20)13-21(25)23-10-3-11-26-17-7-5-16(22)6-8-17/h4-9,12,24H,3,10-11,13H2,1-2H3,(H,23,25). The number of halogens is 1. The molecule has 3 aromatic rings. The van der Waals surface area contributed by atoms with E-state index in [1.54, 1.807) is 23.9 Å². The lowest BCUT2D eigenvalue weighted by Gasteiger charge is -2.06. The van der Waals surface area contributed by atoms with E-state index >= 15 is 0 Å². The number of thioether (sulfide) groups is 1. The van der Waals surface area contributed by atoms with E-state index in [2.05, 4.69) is 35.4 Å². The van der Waals surface area contributed by atoms with E-state index in [1.807, 2.05) is 6.92 Å². The summed E-state index contributed by atoms with van der Waals surface area (Å²) in [5, 5.41) is 4.13. The van der Waals surface area contributed by atoms with Gasteiger partial charge in [-0.15, -0.1) is 11.8 Å². The molecule has 2 N–H and O–H groups in total. The van der Waals surface area contributed by atoms with Crippen molar-refractivity contribution in [3.63, 3.8) is 0 Å². The summed E-state index contributed by atoms with van der Waals surface area (Å²) >= 11 is 1.67. The number of benzene rings is 2. The van der Waals surface area contributed by atoms with Gasteiger partial charge < -0.3 is 10.3 Å². The van der Waals surface area contributed by atoms with Crippen molar-refractivity contribution >= 4 is 28.6 Å². The van der Waals surface area contributed by atoms with Crippen LogP contribution in [0.5, 0.6) is 0 Å². The Balaban J connectivity index is 1.46. The third-order valence-corrected chi connectivity index (χ3v) is 5.44. The number of carbonyl (C=O) groups excluding carboxylic acids is 1. The van der Waals surface area contributed by atoms with E-state index in [0.29, 0.717) is 13.0 Å². The zero-order chi connectivity index (χ0) is 18.5. The van der Waals surface area contributed by atoms with Crippen LogP contribution in [-0.2, 0) is 11.2 Å². The Bertz CT molecular complexity index is 902. The second kappa shape index (κ2) is 8.41. The number of rotatable bonds is 7. The molecule has 0 spiro atoms. The first-order valence-corrected chi connectivity index (χ1v) is 9.74. The van der Waals surface area contributed by atoms with Crippen LogP contribution in [0.25, 0.3) is 10.9 Å². The quantitative estimate of drug-likeness (QED) is 0.465. The van der Waals surface area contributed by atoms with Gasteiger partial charge in [-0.25, -0.2) is 4.39 Å². The van der Waals surface area contributed by atoms with E-state index in [1.165, 1.54) is 17.7 Å². The van der Waals surface area contributed by atoms with Crippen LogP contribution in [0.1, 0.15) is 23.2 Å². The molecule has 5 heteroatoms. The molecule has 3 nitrogen and oxygen atoms in total. The summed E-state index contributed by atoms with van der Waals surface area (Å²) in [4.78, 5) is 16.7. The first-order chi connectivity index (χ1) is 12.5. The number of carbonyl (C=O) groups is 1. The average molecular weight is 370 g/mol. The van der Waals surface area contributed by atoms with Gasteiger partial charge >= 0.3 is 0 Å². The molecular formula is C21H23FN2OS. The minimum absolute atomic E-state index is 0.0438. The van der Waals surface area contributed by atoms with Crippen LogP contribution in [0.2, 0.25) is 0 Å². The van der Waals surface area contributed by atoms with Gasteiger partial charge in [-0.05, 0) is 68.0 Å². The first kappa shape index (κ1) is 18.5. The second-order valence-electron chi connectivity index (χ2n) is 6.46. The Morgan fingerprint density at radius 1 is 1.15 bits per heavy atom. The molecular weight excluding hydrogens is 347 g/mol. The highest BCUT2D eigenvalue weighted by molar-refractivity contribution is 7.99. The lowest BCUT2D eigenvalue weighted by atomic mass is 10.1. The van der Waals surface area contributed by atoms with Gasteiger partial charge in [0.1, 0.15) is 5.82 Å². The van der Waals surface area contributed by atoms with Crippen molar-refractivity contribution in [3.8, 4) is 0 Å². The molecule has 136 valence electrons. The van der Waals surface area contributed by atoms with Crippen LogP contribution in [0, 0.1) is 19.7 Å². The summed E-state index contributed by atoms with van der Waals surface area (Å²) < 4.78 is 12.9. The highest BCUT2D eigenvalue weighted by atomic mass is 32.2. The largest absolute Gasteiger partial charge is 0.358 e. The number of aromatic nitrogens is 1. The number of hydrogen-bond acceptors (Lipinski definition) is 2. The van der Waals surface area contributed by atoms with E-state index in [0.717, 1.165) is 39.2 Å². The molecule has 3 rings (SSSR count). The topological polar surface area (TPSA) is 44.9 Å². The molecule has 0 saturated carbocycles. The number of amides is 1. The molecule has 1 amide bonds. The summed E-state index contributed by atoms with van der Waals surface area (Å²) in [6, 6.07) is 12.7. The molecule has 1 heterocycles. The van der Waals surface area contributed by atoms with E-state index in [4.69, 9.17) is 0 Å². The highest BCUT2D eigenvalue weighted by Gasteiger charge is 2.12. The fourth-order valence-corrected chi connectivity index (χ4v) is 3.82. The maximum atomic E-state index is 12.9. The van der Waals surface area contributed by atoms with Gasteiger partial charge in [0, 0.05) is 28.0 Å². The molecule has 0 atom stereocenters. The molecule has 0 aliphatic carbocycles. The molecule has 0 fully saturated rings. The Hall–Kier alpha value is -2.27. The molecule has 2 aromatic carbocycles. The first-order valence-electron chi connectivity index (χ1n) is 8.76. The molecule has 0 bridgehead atoms. The molecule has 26 heavy (non-hydrogen) atoms. The normalized spacial score (nSPS) is 11.0. The van der Waals surface area contributed by atoms with Gasteiger partial charge in [0.05, 0.1) is 6.42 Å². The van der Waals surface area contributed by atoms with Crippen molar-refractivity contribution in [1.29, 1.82) is 0 Å². The number of nitrogens with one attached hydrogen (secondary N) is 2. The maximum absolute atomic E-state index is 12.9. The number of aryl methyl sites for hydroxylation is 2. The molecule has 1 aromatic heterocycles. The zero-order valence-corrected chi connectivity index (χ0v) is 15.9. The Morgan fingerprint density at radius 3 is 2.69 bits per heavy atom. The van der Waals surface area contributed by atoms with Crippen molar-refractivity contribution in [2.45, 2.75) is 31.6 Å². The van der Waals surface area contributed by atoms with Crippen molar-refractivity contribution in [3.05, 3.63) is 65.1 Å². The van der Waals surface area contributed by atoms with Crippen LogP contribution in [-0.4, -0.2) is 23.2 Å². The average Bonchev–Trinajstić information content (AvgIpc) is 2.91. The summed E-state index contributed by atoms with van der Waals surface area (Å²) in [6.45, 7) is 4.72. The van der Waals surface area contributed by atoms with Crippen molar-refractivity contribution in [2.75, 3.05) is 12.3 Å². The third-order valence-electron chi connectivity index (χ3n) is 4.34. The SMILES string of the molecule is Cc1ccc2[nH]c(C)c(CC(=O)NCCCSc3ccc(F)cc3)c2c1. The van der Waals surface area contributed by atoms with Gasteiger partial charge in [-0.2, -0.15) is 0 Å². The minimum atomic E-state index is -0.218. The number of fused-ring (bicyclic) bond motifs is 1. The summed E-state index contributed by atoms with van der Waals surface area (Å²) in [5.74, 6) is 0.712. The fourth-order valence-electron chi connectivity index (χ4n) is 2.97. The van der Waals surface area contributed by atoms with Crippen molar-refractivity contribution in [1.82, 2.24) is 10.3 Å². The number of H-pyrrole nitrogens is 1. The molecule has 0 aliphatic rings. The monoisotopic (exact) mass is 370 g/mol. The third kappa shape index (κ3) is 4.67. The van der Waals surface area contributed by atoms with Crippen LogP contribution in [0.15, 0.2) is 47.4 Å². The van der Waals surface area contributed by atoms with E-state index in [-0.39, 0.29) is 11.7 Å². The van der Waals surface area contributed by atoms with Crippen LogP contribution < -0.4 is 5.32 Å². The Morgan fingerprint density at radius 2 is 1.92 bits per heavy atom. The fraction of sp³-hybridized carbons (Fsp3) is 0.286. The maximum Gasteiger partial charge on any atom is 0.224 e. The van der Waals surface area contributed by atoms with Crippen molar-refractivity contribution in [2.24, 2.45) is 0 Å². The van der Waals surface area contributed by atoms with Gasteiger partial charge in [0.15, 0.2) is 0 Å². The molecule has 0 unspecified atom stereocenters. The van der Waals surface area contributed by atoms with Gasteiger partial charge in [-0.3, -0.25) is 4.79 Å². The van der Waals surface area contributed by atoms with Gasteiger partial charge in [0.2, 0.25) is 5.91 Å². The lowest BCUT2D eigenvalue weighted by molar-refractivity contribution is -0.120. The molecule has 0 radical (unpaired) electrons. The summed E-state index contributed by atoms with van der Waals surface area (Å²) in [7, 11) is 0. The predicted octanol–water partition coefficient (Wildman–Crippen LogP) is 4.76. The second-order valence-corrected chi connectivity index (χ2v) is 7.63. The van der Waals surface area contributed by atoms with Crippen LogP contribution >= 0.6 is 11.8 Å². The van der Waals surface area contributed by atoms with Gasteiger partial charge in [0.25, 0.3) is 0 Å².